The van der Waals surface area contributed by atoms with Gasteiger partial charge in [-0.25, -0.2) is 9.78 Å². The number of carbonyl (C=O) groups is 8. The lowest BCUT2D eigenvalue weighted by Gasteiger charge is -2.32. The second-order valence-corrected chi connectivity index (χ2v) is 21.5. The average molecular weight is 1190 g/mol. The Morgan fingerprint density at radius 1 is 0.729 bits per heavy atom. The minimum Gasteiger partial charge on any atom is -0.508 e. The number of amides is 7. The van der Waals surface area contributed by atoms with E-state index in [1.165, 1.54) is 66.0 Å². The molecule has 85 heavy (non-hydrogen) atoms. The lowest BCUT2D eigenvalue weighted by molar-refractivity contribution is -0.166. The highest BCUT2D eigenvalue weighted by Crippen LogP contribution is 2.52. The summed E-state index contributed by atoms with van der Waals surface area (Å²) < 4.78 is 40.8. The van der Waals surface area contributed by atoms with Crippen LogP contribution in [0.1, 0.15) is 87.7 Å². The number of phenols is 1. The summed E-state index contributed by atoms with van der Waals surface area (Å²) in [4.78, 5) is 125. The predicted octanol–water partition coefficient (Wildman–Crippen LogP) is 1.63. The van der Waals surface area contributed by atoms with Crippen molar-refractivity contribution in [3.8, 4) is 5.75 Å². The molecule has 3 heterocycles. The molecule has 4 aromatic rings. The summed E-state index contributed by atoms with van der Waals surface area (Å²) in [6.07, 6.45) is -1.37. The highest BCUT2D eigenvalue weighted by atomic mass is 19.4. The first kappa shape index (κ1) is 65.2. The number of benzene rings is 3. The molecule has 0 spiro atoms. The molecule has 2 aliphatic heterocycles. The van der Waals surface area contributed by atoms with E-state index in [0.717, 1.165) is 0 Å². The van der Waals surface area contributed by atoms with Crippen molar-refractivity contribution in [1.82, 2.24) is 46.8 Å². The zero-order valence-electron chi connectivity index (χ0n) is 47.5. The molecule has 25 nitrogen and oxygen atoms in total. The molecule has 0 saturated carbocycles. The molecule has 28 heteroatoms. The standard InChI is InChI=1S/C57H74F3N15O10/c1-5-32(4)46(52(82)69-42(28-37-29-64-30-66-37)53(83)75-24-10-14-44(75)50(80)70-43(54(84)85)27-33-11-7-6-8-12-33)72-49(79)41(26-35-17-21-38(76)22-18-35)68-51(81)45(31(2)3)71-48(78)40(13-9-23-65-55(62)63)67-47(77)39(61)25-34-15-19-36(20-16-34)56(73-74-56)57(58,59)60/h6-8,11-12,15-22,29-32,39-46,76H,5,9-10,13-14,23-28,61H2,1-4H3,(H,64,66)(H,67,77)(H,68,81)(H,69,82)(H,70,80)(H,71,78)(H,72,79)(H,84,85)(H4,62,63,65). The van der Waals surface area contributed by atoms with Gasteiger partial charge in [-0.3, -0.25) is 38.6 Å². The van der Waals surface area contributed by atoms with E-state index in [0.29, 0.717) is 35.2 Å². The number of aliphatic imine (C=N–C) groups is 1. The number of imidazole rings is 1. The quantitative estimate of drug-likeness (QED) is 0.0201. The van der Waals surface area contributed by atoms with Crippen LogP contribution in [0.4, 0.5) is 13.2 Å². The SMILES string of the molecule is CCC(C)C(NC(=O)C(Cc1ccc(O)cc1)NC(=O)C(NC(=O)C(CCCN=C(N)N)NC(=O)C(N)Cc1ccc(C2(C(F)(F)F)N=N2)cc1)C(C)C)C(=O)NC(Cc1cnc[nH]1)C(=O)N1CCCC1C(=O)NC(Cc1ccccc1)C(=O)O. The number of nitrogens with one attached hydrogen (secondary N) is 7. The van der Waals surface area contributed by atoms with Crippen molar-refractivity contribution in [3.63, 3.8) is 0 Å². The van der Waals surface area contributed by atoms with Crippen LogP contribution in [0.15, 0.2) is 107 Å². The van der Waals surface area contributed by atoms with Gasteiger partial charge in [-0.2, -0.15) is 13.2 Å². The number of hydrogen-bond acceptors (Lipinski definition) is 14. The average Bonchev–Trinajstić information content (AvgIpc) is 1.74. The van der Waals surface area contributed by atoms with E-state index in [2.05, 4.69) is 57.1 Å². The number of rotatable bonds is 30. The number of likely N-dealkylation sites (tertiary alicyclic amines) is 1. The summed E-state index contributed by atoms with van der Waals surface area (Å²) >= 11 is 0. The van der Waals surface area contributed by atoms with Crippen molar-refractivity contribution in [2.75, 3.05) is 13.1 Å². The van der Waals surface area contributed by atoms with Gasteiger partial charge in [-0.15, -0.1) is 10.2 Å². The normalized spacial score (nSPS) is 17.1. The Balaban J connectivity index is 1.18. The van der Waals surface area contributed by atoms with Crippen LogP contribution in [0.25, 0.3) is 0 Å². The fourth-order valence-electron chi connectivity index (χ4n) is 9.70. The number of carboxylic acids is 1. The van der Waals surface area contributed by atoms with Gasteiger partial charge in [0.2, 0.25) is 41.4 Å². The molecule has 15 N–H and O–H groups in total. The summed E-state index contributed by atoms with van der Waals surface area (Å²) in [5.74, 6) is -8.31. The number of aromatic amines is 1. The van der Waals surface area contributed by atoms with Gasteiger partial charge < -0.3 is 69.2 Å². The molecule has 0 aliphatic carbocycles. The molecule has 1 aromatic heterocycles. The second kappa shape index (κ2) is 29.5. The van der Waals surface area contributed by atoms with E-state index in [9.17, 15) is 61.7 Å². The third-order valence-corrected chi connectivity index (χ3v) is 14.8. The summed E-state index contributed by atoms with van der Waals surface area (Å²) in [5.41, 5.74) is 16.4. The summed E-state index contributed by atoms with van der Waals surface area (Å²) in [6, 6.07) is 9.05. The molecule has 6 rings (SSSR count). The number of alkyl halides is 3. The number of aromatic nitrogens is 2. The molecule has 7 amide bonds. The van der Waals surface area contributed by atoms with Gasteiger partial charge in [0.1, 0.15) is 48.0 Å². The maximum absolute atomic E-state index is 14.7. The molecule has 0 radical (unpaired) electrons. The van der Waals surface area contributed by atoms with E-state index in [1.54, 1.807) is 58.0 Å². The van der Waals surface area contributed by atoms with Gasteiger partial charge in [0, 0.05) is 49.8 Å². The molecule has 458 valence electrons. The Hall–Kier alpha value is -8.95. The number of carboxylic acid groups (broad SMARTS) is 1. The number of nitrogens with zero attached hydrogens (tertiary/aromatic N) is 5. The Labute approximate surface area is 488 Å². The van der Waals surface area contributed by atoms with E-state index >= 15 is 0 Å². The molecule has 1 saturated heterocycles. The van der Waals surface area contributed by atoms with E-state index < -0.39 is 119 Å². The zero-order valence-corrected chi connectivity index (χ0v) is 47.5. The van der Waals surface area contributed by atoms with Crippen molar-refractivity contribution in [2.45, 2.75) is 146 Å². The molecule has 1 fully saturated rings. The first-order valence-corrected chi connectivity index (χ1v) is 27.9. The van der Waals surface area contributed by atoms with Crippen LogP contribution in [0.3, 0.4) is 0 Å². The predicted molar refractivity (Wildman–Crippen MR) is 303 cm³/mol. The number of nitrogens with two attached hydrogens (primary N) is 3. The fourth-order valence-corrected chi connectivity index (χ4v) is 9.70. The van der Waals surface area contributed by atoms with E-state index in [-0.39, 0.29) is 75.3 Å². The molecular formula is C57H74F3N15O10. The van der Waals surface area contributed by atoms with Crippen LogP contribution in [0, 0.1) is 11.8 Å². The molecule has 3 aromatic carbocycles. The minimum absolute atomic E-state index is 0.0134. The fraction of sp³-hybridized carbons (Fsp3) is 0.474. The van der Waals surface area contributed by atoms with Crippen molar-refractivity contribution < 1.29 is 61.7 Å². The summed E-state index contributed by atoms with van der Waals surface area (Å²) in [5, 5.41) is 42.7. The van der Waals surface area contributed by atoms with Crippen LogP contribution >= 0.6 is 0 Å². The van der Waals surface area contributed by atoms with Gasteiger partial charge in [-0.05, 0) is 72.8 Å². The Morgan fingerprint density at radius 3 is 1.89 bits per heavy atom. The first-order chi connectivity index (χ1) is 40.3. The van der Waals surface area contributed by atoms with Gasteiger partial charge in [0.25, 0.3) is 0 Å². The number of guanidine groups is 1. The number of halogens is 3. The van der Waals surface area contributed by atoms with E-state index in [1.807, 2.05) is 0 Å². The van der Waals surface area contributed by atoms with Crippen molar-refractivity contribution in [3.05, 3.63) is 119 Å². The monoisotopic (exact) mass is 1190 g/mol. The minimum atomic E-state index is -4.75. The zero-order chi connectivity index (χ0) is 62.2. The van der Waals surface area contributed by atoms with Crippen LogP contribution in [-0.4, -0.2) is 146 Å². The Bertz CT molecular complexity index is 3010. The Morgan fingerprint density at radius 2 is 1.31 bits per heavy atom. The number of H-pyrrole nitrogens is 1. The van der Waals surface area contributed by atoms with Crippen LogP contribution in [-0.2, 0) is 69.7 Å². The number of aliphatic carboxylic acids is 1. The lowest BCUT2D eigenvalue weighted by atomic mass is 9.96. The third kappa shape index (κ3) is 18.0. The first-order valence-electron chi connectivity index (χ1n) is 27.9. The maximum Gasteiger partial charge on any atom is 0.442 e. The van der Waals surface area contributed by atoms with Gasteiger partial charge >= 0.3 is 17.8 Å². The largest absolute Gasteiger partial charge is 0.508 e. The van der Waals surface area contributed by atoms with E-state index in [4.69, 9.17) is 17.2 Å². The number of phenolic OH excluding ortho intramolecular Hbond substituents is 1. The van der Waals surface area contributed by atoms with Crippen LogP contribution < -0.4 is 49.1 Å². The third-order valence-electron chi connectivity index (χ3n) is 14.8. The van der Waals surface area contributed by atoms with Crippen molar-refractivity contribution in [2.24, 2.45) is 44.3 Å². The molecule has 0 bridgehead atoms. The van der Waals surface area contributed by atoms with Crippen LogP contribution in [0.2, 0.25) is 0 Å². The molecule has 2 aliphatic rings. The number of hydrogen-bond donors (Lipinski definition) is 12. The molecule has 9 atom stereocenters. The summed E-state index contributed by atoms with van der Waals surface area (Å²) in [6.45, 7) is 6.86. The lowest BCUT2D eigenvalue weighted by Crippen LogP contribution is -2.62. The second-order valence-electron chi connectivity index (χ2n) is 21.5. The van der Waals surface area contributed by atoms with Gasteiger partial charge in [-0.1, -0.05) is 101 Å². The molecular weight excluding hydrogens is 1110 g/mol. The van der Waals surface area contributed by atoms with Crippen molar-refractivity contribution >= 4 is 53.3 Å². The Kier molecular flexibility index (Phi) is 22.7. The number of aromatic hydroxyl groups is 1. The smallest absolute Gasteiger partial charge is 0.442 e. The number of carbonyl (C=O) groups excluding carboxylic acids is 7. The van der Waals surface area contributed by atoms with Crippen LogP contribution in [0.5, 0.6) is 5.75 Å². The highest BCUT2D eigenvalue weighted by molar-refractivity contribution is 5.98. The maximum atomic E-state index is 14.7. The topological polar surface area (TPSA) is 396 Å². The highest BCUT2D eigenvalue weighted by Gasteiger charge is 2.65. The summed E-state index contributed by atoms with van der Waals surface area (Å²) in [7, 11) is 0. The van der Waals surface area contributed by atoms with Gasteiger partial charge in [0.05, 0.1) is 12.4 Å². The molecule has 9 unspecified atom stereocenters. The van der Waals surface area contributed by atoms with Gasteiger partial charge in [0.15, 0.2) is 5.96 Å². The van der Waals surface area contributed by atoms with Crippen molar-refractivity contribution in [1.29, 1.82) is 0 Å².